The predicted octanol–water partition coefficient (Wildman–Crippen LogP) is 1.73. The molecule has 1 aromatic carbocycles. The molecular weight excluding hydrogens is 290 g/mol. The highest BCUT2D eigenvalue weighted by molar-refractivity contribution is 5.93. The highest BCUT2D eigenvalue weighted by Gasteiger charge is 2.33. The van der Waals surface area contributed by atoms with Crippen molar-refractivity contribution >= 4 is 24.0 Å². The molecule has 0 radical (unpaired) electrons. The molecule has 1 aliphatic rings. The zero-order chi connectivity index (χ0) is 14.6. The van der Waals surface area contributed by atoms with Gasteiger partial charge in [0.25, 0.3) is 0 Å². The van der Waals surface area contributed by atoms with Crippen molar-refractivity contribution < 1.29 is 9.53 Å². The van der Waals surface area contributed by atoms with Crippen molar-refractivity contribution in [1.29, 1.82) is 0 Å². The molecule has 0 bridgehead atoms. The second-order valence-corrected chi connectivity index (χ2v) is 5.72. The second-order valence-electron chi connectivity index (χ2n) is 5.72. The molecule has 5 nitrogen and oxygen atoms in total. The van der Waals surface area contributed by atoms with Gasteiger partial charge in [0.1, 0.15) is 5.75 Å². The number of nitrogens with two attached hydrogens (primary N) is 1. The molecule has 1 atom stereocenters. The first-order valence-electron chi connectivity index (χ1n) is 6.91. The van der Waals surface area contributed by atoms with E-state index in [1.807, 2.05) is 24.3 Å². The number of nitrogens with zero attached hydrogens (tertiary/aromatic N) is 1. The minimum atomic E-state index is -0.0178. The number of amides is 1. The molecule has 1 aromatic rings. The van der Waals surface area contributed by atoms with Gasteiger partial charge < -0.3 is 15.8 Å². The van der Waals surface area contributed by atoms with Crippen LogP contribution in [0.15, 0.2) is 24.3 Å². The van der Waals surface area contributed by atoms with Crippen LogP contribution in [0.1, 0.15) is 13.3 Å². The number of halogens is 1. The van der Waals surface area contributed by atoms with Crippen LogP contribution in [0.25, 0.3) is 0 Å². The molecule has 118 valence electrons. The Morgan fingerprint density at radius 2 is 2.19 bits per heavy atom. The monoisotopic (exact) mass is 313 g/mol. The van der Waals surface area contributed by atoms with Crippen molar-refractivity contribution in [3.63, 3.8) is 0 Å². The summed E-state index contributed by atoms with van der Waals surface area (Å²) >= 11 is 0. The Bertz CT molecular complexity index is 484. The lowest BCUT2D eigenvalue weighted by molar-refractivity contribution is -0.117. The number of rotatable bonds is 5. The number of nitrogens with one attached hydrogen (secondary N) is 1. The summed E-state index contributed by atoms with van der Waals surface area (Å²) in [5.41, 5.74) is 6.63. The molecule has 1 fully saturated rings. The molecule has 0 spiro atoms. The second kappa shape index (κ2) is 7.64. The number of para-hydroxylation sites is 2. The van der Waals surface area contributed by atoms with Gasteiger partial charge in [-0.1, -0.05) is 19.1 Å². The van der Waals surface area contributed by atoms with Crippen LogP contribution >= 0.6 is 12.4 Å². The van der Waals surface area contributed by atoms with Gasteiger partial charge in [-0.25, -0.2) is 0 Å². The SMILES string of the molecule is COc1ccccc1NC(=O)CN1CCC(C)(CN)C1.Cl. The molecule has 0 saturated carbocycles. The Morgan fingerprint density at radius 1 is 1.48 bits per heavy atom. The first kappa shape index (κ1) is 17.8. The van der Waals surface area contributed by atoms with E-state index in [4.69, 9.17) is 10.5 Å². The minimum absolute atomic E-state index is 0. The van der Waals surface area contributed by atoms with Crippen molar-refractivity contribution in [2.24, 2.45) is 11.1 Å². The van der Waals surface area contributed by atoms with Crippen molar-refractivity contribution in [2.45, 2.75) is 13.3 Å². The van der Waals surface area contributed by atoms with E-state index < -0.39 is 0 Å². The number of ether oxygens (including phenoxy) is 1. The van der Waals surface area contributed by atoms with Crippen LogP contribution in [0.3, 0.4) is 0 Å². The molecule has 1 heterocycles. The number of carbonyl (C=O) groups excluding carboxylic acids is 1. The van der Waals surface area contributed by atoms with Crippen LogP contribution in [0.5, 0.6) is 5.75 Å². The van der Waals surface area contributed by atoms with Gasteiger partial charge in [-0.2, -0.15) is 0 Å². The van der Waals surface area contributed by atoms with E-state index in [2.05, 4.69) is 17.1 Å². The molecule has 6 heteroatoms. The van der Waals surface area contributed by atoms with Crippen molar-refractivity contribution in [1.82, 2.24) is 4.90 Å². The van der Waals surface area contributed by atoms with Gasteiger partial charge >= 0.3 is 0 Å². The number of anilines is 1. The molecule has 0 aliphatic carbocycles. The molecule has 1 saturated heterocycles. The van der Waals surface area contributed by atoms with E-state index in [0.717, 1.165) is 19.5 Å². The summed E-state index contributed by atoms with van der Waals surface area (Å²) in [5, 5.41) is 2.90. The molecule has 1 amide bonds. The quantitative estimate of drug-likeness (QED) is 0.868. The van der Waals surface area contributed by atoms with E-state index >= 15 is 0 Å². The predicted molar refractivity (Wildman–Crippen MR) is 87.1 cm³/mol. The lowest BCUT2D eigenvalue weighted by Crippen LogP contribution is -2.35. The van der Waals surface area contributed by atoms with Gasteiger partial charge in [0.05, 0.1) is 19.3 Å². The molecule has 21 heavy (non-hydrogen) atoms. The third-order valence-electron chi connectivity index (χ3n) is 3.88. The highest BCUT2D eigenvalue weighted by Crippen LogP contribution is 2.28. The standard InChI is InChI=1S/C15H23N3O2.ClH/c1-15(10-16)7-8-18(11-15)9-14(19)17-12-5-3-4-6-13(12)20-2;/h3-6H,7-11,16H2,1-2H3,(H,17,19);1H. The van der Waals surface area contributed by atoms with Gasteiger partial charge in [-0.05, 0) is 37.1 Å². The van der Waals surface area contributed by atoms with Crippen molar-refractivity contribution in [2.75, 3.05) is 38.6 Å². The van der Waals surface area contributed by atoms with Crippen LogP contribution in [0.2, 0.25) is 0 Å². The topological polar surface area (TPSA) is 67.6 Å². The third-order valence-corrected chi connectivity index (χ3v) is 3.88. The summed E-state index contributed by atoms with van der Waals surface area (Å²) in [7, 11) is 1.60. The van der Waals surface area contributed by atoms with Gasteiger partial charge in [0.15, 0.2) is 0 Å². The van der Waals surface area contributed by atoms with E-state index in [0.29, 0.717) is 24.5 Å². The fourth-order valence-electron chi connectivity index (χ4n) is 2.57. The summed E-state index contributed by atoms with van der Waals surface area (Å²) in [6.45, 7) is 5.03. The zero-order valence-corrected chi connectivity index (χ0v) is 13.4. The summed E-state index contributed by atoms with van der Waals surface area (Å²) in [4.78, 5) is 14.2. The molecule has 1 aliphatic heterocycles. The average Bonchev–Trinajstić information content (AvgIpc) is 2.81. The van der Waals surface area contributed by atoms with Crippen LogP contribution in [-0.2, 0) is 4.79 Å². The Labute approximate surface area is 132 Å². The Morgan fingerprint density at radius 3 is 2.81 bits per heavy atom. The maximum absolute atomic E-state index is 12.1. The van der Waals surface area contributed by atoms with Crippen LogP contribution in [-0.4, -0.2) is 44.1 Å². The van der Waals surface area contributed by atoms with Crippen LogP contribution in [0, 0.1) is 5.41 Å². The van der Waals surface area contributed by atoms with Gasteiger partial charge in [0, 0.05) is 6.54 Å². The molecular formula is C15H24ClN3O2. The van der Waals surface area contributed by atoms with E-state index in [1.54, 1.807) is 7.11 Å². The van der Waals surface area contributed by atoms with Gasteiger partial charge in [-0.15, -0.1) is 12.4 Å². The van der Waals surface area contributed by atoms with E-state index in [-0.39, 0.29) is 23.7 Å². The first-order chi connectivity index (χ1) is 9.56. The molecule has 3 N–H and O–H groups in total. The molecule has 2 rings (SSSR count). The van der Waals surface area contributed by atoms with Gasteiger partial charge in [-0.3, -0.25) is 9.69 Å². The van der Waals surface area contributed by atoms with E-state index in [9.17, 15) is 4.79 Å². The zero-order valence-electron chi connectivity index (χ0n) is 12.6. The third kappa shape index (κ3) is 4.59. The number of carbonyl (C=O) groups is 1. The maximum atomic E-state index is 12.1. The maximum Gasteiger partial charge on any atom is 0.238 e. The number of hydrogen-bond donors (Lipinski definition) is 2. The summed E-state index contributed by atoms with van der Waals surface area (Å²) in [6.07, 6.45) is 1.05. The summed E-state index contributed by atoms with van der Waals surface area (Å²) < 4.78 is 5.22. The Balaban J connectivity index is 0.00000220. The van der Waals surface area contributed by atoms with Gasteiger partial charge in [0.2, 0.25) is 5.91 Å². The minimum Gasteiger partial charge on any atom is -0.495 e. The Hall–Kier alpha value is -1.30. The van der Waals surface area contributed by atoms with Crippen molar-refractivity contribution in [3.8, 4) is 5.75 Å². The molecule has 1 unspecified atom stereocenters. The summed E-state index contributed by atoms with van der Waals surface area (Å²) in [5.74, 6) is 0.657. The smallest absolute Gasteiger partial charge is 0.238 e. The van der Waals surface area contributed by atoms with Crippen LogP contribution in [0.4, 0.5) is 5.69 Å². The fourth-order valence-corrected chi connectivity index (χ4v) is 2.57. The Kier molecular flexibility index (Phi) is 6.45. The normalized spacial score (nSPS) is 21.7. The first-order valence-corrected chi connectivity index (χ1v) is 6.91. The number of hydrogen-bond acceptors (Lipinski definition) is 4. The number of methoxy groups -OCH3 is 1. The highest BCUT2D eigenvalue weighted by atomic mass is 35.5. The summed E-state index contributed by atoms with van der Waals surface area (Å²) in [6, 6.07) is 7.42. The fraction of sp³-hybridized carbons (Fsp3) is 0.533. The lowest BCUT2D eigenvalue weighted by Gasteiger charge is -2.22. The number of benzene rings is 1. The molecule has 0 aromatic heterocycles. The van der Waals surface area contributed by atoms with Crippen molar-refractivity contribution in [3.05, 3.63) is 24.3 Å². The number of likely N-dealkylation sites (tertiary alicyclic amines) is 1. The average molecular weight is 314 g/mol. The lowest BCUT2D eigenvalue weighted by atomic mass is 9.90. The largest absolute Gasteiger partial charge is 0.495 e. The van der Waals surface area contributed by atoms with Crippen LogP contribution < -0.4 is 15.8 Å². The van der Waals surface area contributed by atoms with E-state index in [1.165, 1.54) is 0 Å².